The molecule has 9 heteroatoms. The molecule has 0 atom stereocenters. The van der Waals surface area contributed by atoms with E-state index in [1.807, 2.05) is 0 Å². The van der Waals surface area contributed by atoms with Gasteiger partial charge in [0.1, 0.15) is 4.21 Å². The minimum absolute atomic E-state index is 0.0209. The lowest BCUT2D eigenvalue weighted by Gasteiger charge is -2.24. The Hall–Kier alpha value is -0.770. The minimum Gasteiger partial charge on any atom is -0.478 e. The van der Waals surface area contributed by atoms with E-state index in [2.05, 4.69) is 0 Å². The van der Waals surface area contributed by atoms with Crippen LogP contribution in [0.3, 0.4) is 0 Å². The minimum atomic E-state index is -3.64. The monoisotopic (exact) mass is 309 g/mol. The number of hydrogen-bond acceptors (Lipinski definition) is 5. The number of carboxylic acid groups (broad SMARTS) is 1. The lowest BCUT2D eigenvalue weighted by molar-refractivity contribution is 0.0697. The molecule has 0 saturated carbocycles. The van der Waals surface area contributed by atoms with Gasteiger partial charge in [-0.15, -0.1) is 11.3 Å². The van der Waals surface area contributed by atoms with Gasteiger partial charge >= 0.3 is 5.97 Å². The Bertz CT molecular complexity index is 581. The highest BCUT2D eigenvalue weighted by Crippen LogP contribution is 2.24. The summed E-state index contributed by atoms with van der Waals surface area (Å²) in [5.41, 5.74) is -0.0286. The fraction of sp³-hybridized carbons (Fsp3) is 0.444. The summed E-state index contributed by atoms with van der Waals surface area (Å²) in [4.78, 5) is 10.7. The molecule has 0 aromatic carbocycles. The highest BCUT2D eigenvalue weighted by atomic mass is 32.2. The van der Waals surface area contributed by atoms with Crippen LogP contribution in [0.15, 0.2) is 15.7 Å². The van der Waals surface area contributed by atoms with Crippen molar-refractivity contribution in [3.8, 4) is 0 Å². The number of nitrogens with zero attached hydrogens (tertiary/aromatic N) is 1. The third-order valence-electron chi connectivity index (χ3n) is 2.55. The van der Waals surface area contributed by atoms with Gasteiger partial charge in [-0.1, -0.05) is 0 Å². The van der Waals surface area contributed by atoms with Crippen LogP contribution in [0.5, 0.6) is 0 Å². The molecule has 0 amide bonds. The highest BCUT2D eigenvalue weighted by molar-refractivity contribution is 7.91. The standard InChI is InChI=1S/C9H11NO5S3/c11-9(12)7-5-8(16-6-7)18(14,15)10-1-3-17(13)4-2-10/h5-6H,1-4H2,(H,11,12). The number of carboxylic acids is 1. The average Bonchev–Trinajstić information content (AvgIpc) is 2.79. The second kappa shape index (κ2) is 5.08. The second-order valence-electron chi connectivity index (χ2n) is 3.71. The van der Waals surface area contributed by atoms with E-state index in [1.54, 1.807) is 0 Å². The van der Waals surface area contributed by atoms with Crippen LogP contribution in [0.2, 0.25) is 0 Å². The van der Waals surface area contributed by atoms with Crippen LogP contribution in [0.1, 0.15) is 10.4 Å². The molecule has 1 aromatic rings. The van der Waals surface area contributed by atoms with Crippen LogP contribution < -0.4 is 0 Å². The maximum atomic E-state index is 12.2. The molecule has 0 radical (unpaired) electrons. The zero-order chi connectivity index (χ0) is 13.3. The van der Waals surface area contributed by atoms with E-state index in [1.165, 1.54) is 9.69 Å². The third kappa shape index (κ3) is 2.63. The molecule has 18 heavy (non-hydrogen) atoms. The molecule has 6 nitrogen and oxygen atoms in total. The molecule has 1 aliphatic rings. The van der Waals surface area contributed by atoms with Crippen molar-refractivity contribution in [1.29, 1.82) is 0 Å². The molecule has 0 spiro atoms. The number of sulfonamides is 1. The van der Waals surface area contributed by atoms with Crippen molar-refractivity contribution < 1.29 is 22.5 Å². The first-order valence-electron chi connectivity index (χ1n) is 5.08. The van der Waals surface area contributed by atoms with Gasteiger partial charge in [0.2, 0.25) is 0 Å². The number of thiophene rings is 1. The summed E-state index contributed by atoms with van der Waals surface area (Å²) in [5, 5.41) is 10.1. The summed E-state index contributed by atoms with van der Waals surface area (Å²) in [7, 11) is -4.60. The van der Waals surface area contributed by atoms with Crippen molar-refractivity contribution >= 4 is 38.1 Å². The second-order valence-corrected chi connectivity index (χ2v) is 8.48. The predicted octanol–water partition coefficient (Wildman–Crippen LogP) is 0.199. The summed E-state index contributed by atoms with van der Waals surface area (Å²) in [6.07, 6.45) is 0. The quantitative estimate of drug-likeness (QED) is 0.861. The molecule has 0 unspecified atom stereocenters. The molecule has 2 heterocycles. The average molecular weight is 309 g/mol. The fourth-order valence-electron chi connectivity index (χ4n) is 1.55. The van der Waals surface area contributed by atoms with Gasteiger partial charge in [-0.2, -0.15) is 4.31 Å². The number of carbonyl (C=O) groups is 1. The van der Waals surface area contributed by atoms with E-state index < -0.39 is 26.8 Å². The number of rotatable bonds is 3. The van der Waals surface area contributed by atoms with Crippen LogP contribution >= 0.6 is 11.3 Å². The largest absolute Gasteiger partial charge is 0.478 e. The molecule has 0 aliphatic carbocycles. The molecule has 1 saturated heterocycles. The van der Waals surface area contributed by atoms with Crippen molar-refractivity contribution in [2.75, 3.05) is 24.6 Å². The number of hydrogen-bond donors (Lipinski definition) is 1. The van der Waals surface area contributed by atoms with Gasteiger partial charge in [-0.05, 0) is 6.07 Å². The molecule has 1 fully saturated rings. The van der Waals surface area contributed by atoms with Crippen molar-refractivity contribution in [3.05, 3.63) is 17.0 Å². The Kier molecular flexibility index (Phi) is 3.85. The van der Waals surface area contributed by atoms with Crippen LogP contribution in [-0.4, -0.2) is 52.6 Å². The first kappa shape index (κ1) is 13.7. The van der Waals surface area contributed by atoms with Crippen molar-refractivity contribution in [2.45, 2.75) is 4.21 Å². The Morgan fingerprint density at radius 1 is 1.39 bits per heavy atom. The van der Waals surface area contributed by atoms with Crippen LogP contribution in [0.4, 0.5) is 0 Å². The molecule has 1 aliphatic heterocycles. The van der Waals surface area contributed by atoms with Crippen LogP contribution in [0.25, 0.3) is 0 Å². The fourth-order valence-corrected chi connectivity index (χ4v) is 5.58. The van der Waals surface area contributed by atoms with Crippen molar-refractivity contribution in [3.63, 3.8) is 0 Å². The van der Waals surface area contributed by atoms with E-state index in [0.717, 1.165) is 17.4 Å². The maximum Gasteiger partial charge on any atom is 0.336 e. The van der Waals surface area contributed by atoms with Gasteiger partial charge in [0, 0.05) is 40.8 Å². The zero-order valence-corrected chi connectivity index (χ0v) is 11.7. The lowest BCUT2D eigenvalue weighted by atomic mass is 10.4. The first-order valence-corrected chi connectivity index (χ1v) is 8.89. The van der Waals surface area contributed by atoms with E-state index in [0.29, 0.717) is 11.5 Å². The molecular weight excluding hydrogens is 298 g/mol. The van der Waals surface area contributed by atoms with E-state index >= 15 is 0 Å². The first-order chi connectivity index (χ1) is 8.41. The number of aromatic carboxylic acids is 1. The molecule has 100 valence electrons. The summed E-state index contributed by atoms with van der Waals surface area (Å²) >= 11 is 0.893. The van der Waals surface area contributed by atoms with Gasteiger partial charge < -0.3 is 5.11 Å². The summed E-state index contributed by atoms with van der Waals surface area (Å²) in [6.45, 7) is 0.435. The van der Waals surface area contributed by atoms with E-state index in [4.69, 9.17) is 5.11 Å². The van der Waals surface area contributed by atoms with Crippen LogP contribution in [-0.2, 0) is 20.8 Å². The van der Waals surface area contributed by atoms with Crippen LogP contribution in [0, 0.1) is 0 Å². The Morgan fingerprint density at radius 3 is 2.50 bits per heavy atom. The Balaban J connectivity index is 2.24. The summed E-state index contributed by atoms with van der Waals surface area (Å²) in [5.74, 6) is -0.486. The lowest BCUT2D eigenvalue weighted by Crippen LogP contribution is -2.41. The molecule has 2 rings (SSSR count). The van der Waals surface area contributed by atoms with Crippen molar-refractivity contribution in [1.82, 2.24) is 4.31 Å². The molecular formula is C9H11NO5S3. The maximum absolute atomic E-state index is 12.2. The smallest absolute Gasteiger partial charge is 0.336 e. The van der Waals surface area contributed by atoms with E-state index in [9.17, 15) is 17.4 Å². The summed E-state index contributed by atoms with van der Waals surface area (Å²) < 4.78 is 36.8. The van der Waals surface area contributed by atoms with E-state index in [-0.39, 0.29) is 22.9 Å². The SMILES string of the molecule is O=C(O)c1csc(S(=O)(=O)N2CCS(=O)CC2)c1. The Morgan fingerprint density at radius 2 is 2.00 bits per heavy atom. The van der Waals surface area contributed by atoms with Crippen molar-refractivity contribution in [2.24, 2.45) is 0 Å². The van der Waals surface area contributed by atoms with Gasteiger partial charge in [0.05, 0.1) is 5.56 Å². The molecule has 1 N–H and O–H groups in total. The normalized spacial score (nSPS) is 18.9. The topological polar surface area (TPSA) is 91.8 Å². The zero-order valence-electron chi connectivity index (χ0n) is 9.24. The van der Waals surface area contributed by atoms with Gasteiger partial charge in [-0.3, -0.25) is 4.21 Å². The van der Waals surface area contributed by atoms with Gasteiger partial charge in [0.15, 0.2) is 0 Å². The molecule has 1 aromatic heterocycles. The predicted molar refractivity (Wildman–Crippen MR) is 67.9 cm³/mol. The third-order valence-corrected chi connectivity index (χ3v) is 7.14. The summed E-state index contributed by atoms with van der Waals surface area (Å²) in [6, 6.07) is 1.16. The van der Waals surface area contributed by atoms with Gasteiger partial charge in [0.25, 0.3) is 10.0 Å². The highest BCUT2D eigenvalue weighted by Gasteiger charge is 2.29. The Labute approximate surface area is 111 Å². The molecule has 0 bridgehead atoms. The van der Waals surface area contributed by atoms with Gasteiger partial charge in [-0.25, -0.2) is 13.2 Å².